The maximum atomic E-state index is 9.11. The number of aliphatic hydroxyl groups is 1. The molecule has 32 heavy (non-hydrogen) atoms. The molecule has 3 aromatic rings. The van der Waals surface area contributed by atoms with E-state index in [-0.39, 0.29) is 6.61 Å². The van der Waals surface area contributed by atoms with E-state index in [0.717, 1.165) is 26.2 Å². The minimum absolute atomic E-state index is 0.170. The molecule has 1 saturated heterocycles. The topological polar surface area (TPSA) is 99.5 Å². The van der Waals surface area contributed by atoms with Crippen LogP contribution in [0.4, 0.5) is 17.7 Å². The van der Waals surface area contributed by atoms with E-state index >= 15 is 0 Å². The van der Waals surface area contributed by atoms with Gasteiger partial charge in [0.15, 0.2) is 0 Å². The van der Waals surface area contributed by atoms with Crippen molar-refractivity contribution in [3.8, 4) is 11.5 Å². The van der Waals surface area contributed by atoms with Crippen molar-refractivity contribution in [1.29, 1.82) is 0 Å². The van der Waals surface area contributed by atoms with Gasteiger partial charge < -0.3 is 20.1 Å². The molecular formula is C21H23Cl2N7O2. The van der Waals surface area contributed by atoms with Crippen molar-refractivity contribution in [2.75, 3.05) is 49.5 Å². The SMILES string of the molecule is Cc1nc(Nc2ccc(Oc3ccc(Cl)c(Cl)c3)cn2)nc(N2CCN(CCO)CC2)n1. The van der Waals surface area contributed by atoms with Crippen LogP contribution in [0.25, 0.3) is 0 Å². The van der Waals surface area contributed by atoms with E-state index in [4.69, 9.17) is 33.0 Å². The molecule has 1 aliphatic heterocycles. The number of nitrogens with zero attached hydrogens (tertiary/aromatic N) is 6. The third-order valence-corrected chi connectivity index (χ3v) is 5.65. The number of halogens is 2. The molecule has 0 saturated carbocycles. The predicted molar refractivity (Wildman–Crippen MR) is 124 cm³/mol. The largest absolute Gasteiger partial charge is 0.456 e. The molecule has 2 aromatic heterocycles. The molecule has 9 nitrogen and oxygen atoms in total. The fraction of sp³-hybridized carbons (Fsp3) is 0.333. The Kier molecular flexibility index (Phi) is 7.21. The Morgan fingerprint density at radius 2 is 1.78 bits per heavy atom. The van der Waals surface area contributed by atoms with Crippen molar-refractivity contribution in [2.24, 2.45) is 0 Å². The van der Waals surface area contributed by atoms with E-state index in [0.29, 0.717) is 51.6 Å². The first-order valence-electron chi connectivity index (χ1n) is 10.2. The summed E-state index contributed by atoms with van der Waals surface area (Å²) in [5.41, 5.74) is 0. The van der Waals surface area contributed by atoms with Gasteiger partial charge in [0, 0.05) is 38.8 Å². The lowest BCUT2D eigenvalue weighted by Gasteiger charge is -2.34. The maximum absolute atomic E-state index is 9.11. The first-order chi connectivity index (χ1) is 15.5. The van der Waals surface area contributed by atoms with Crippen molar-refractivity contribution in [3.63, 3.8) is 0 Å². The Bertz CT molecular complexity index is 1060. The highest BCUT2D eigenvalue weighted by atomic mass is 35.5. The maximum Gasteiger partial charge on any atom is 0.233 e. The number of nitrogens with one attached hydrogen (secondary N) is 1. The number of anilines is 3. The second kappa shape index (κ2) is 10.3. The van der Waals surface area contributed by atoms with Crippen LogP contribution in [0.3, 0.4) is 0 Å². The van der Waals surface area contributed by atoms with Crippen LogP contribution in [0.5, 0.6) is 11.5 Å². The summed E-state index contributed by atoms with van der Waals surface area (Å²) in [6, 6.07) is 8.62. The molecule has 2 N–H and O–H groups in total. The van der Waals surface area contributed by atoms with Crippen molar-refractivity contribution >= 4 is 40.9 Å². The van der Waals surface area contributed by atoms with Crippen LogP contribution in [0.2, 0.25) is 10.0 Å². The quantitative estimate of drug-likeness (QED) is 0.531. The molecule has 0 spiro atoms. The number of ether oxygens (including phenoxy) is 1. The minimum Gasteiger partial charge on any atom is -0.456 e. The zero-order chi connectivity index (χ0) is 22.5. The third-order valence-electron chi connectivity index (χ3n) is 4.91. The standard InChI is InChI=1S/C21H23Cl2N7O2/c1-14-25-20(28-21(26-14)30-8-6-29(7-9-30)10-11-31)27-19-5-3-16(13-24-19)32-15-2-4-17(22)18(23)12-15/h2-5,12-13,31H,6-11H2,1H3,(H,24,25,26,27,28). The molecular weight excluding hydrogens is 453 g/mol. The zero-order valence-electron chi connectivity index (χ0n) is 17.5. The highest BCUT2D eigenvalue weighted by molar-refractivity contribution is 6.42. The van der Waals surface area contributed by atoms with Gasteiger partial charge in [-0.1, -0.05) is 23.2 Å². The fourth-order valence-corrected chi connectivity index (χ4v) is 3.57. The Morgan fingerprint density at radius 3 is 2.47 bits per heavy atom. The lowest BCUT2D eigenvalue weighted by atomic mass is 10.3. The van der Waals surface area contributed by atoms with Crippen LogP contribution >= 0.6 is 23.2 Å². The zero-order valence-corrected chi connectivity index (χ0v) is 19.0. The molecule has 0 atom stereocenters. The molecule has 168 valence electrons. The Hall–Kier alpha value is -2.72. The molecule has 4 rings (SSSR count). The molecule has 1 aromatic carbocycles. The molecule has 1 aliphatic rings. The number of rotatable bonds is 7. The lowest BCUT2D eigenvalue weighted by molar-refractivity contribution is 0.188. The van der Waals surface area contributed by atoms with Gasteiger partial charge >= 0.3 is 0 Å². The van der Waals surface area contributed by atoms with Gasteiger partial charge in [-0.15, -0.1) is 0 Å². The summed E-state index contributed by atoms with van der Waals surface area (Å²) in [5.74, 6) is 3.38. The summed E-state index contributed by atoms with van der Waals surface area (Å²) in [7, 11) is 0. The van der Waals surface area contributed by atoms with Crippen LogP contribution in [-0.4, -0.2) is 69.3 Å². The molecule has 0 bridgehead atoms. The van der Waals surface area contributed by atoms with E-state index in [1.807, 2.05) is 6.92 Å². The average molecular weight is 476 g/mol. The number of piperazine rings is 1. The van der Waals surface area contributed by atoms with Crippen LogP contribution in [-0.2, 0) is 0 Å². The van der Waals surface area contributed by atoms with Gasteiger partial charge in [-0.3, -0.25) is 4.90 Å². The molecule has 3 heterocycles. The molecule has 0 amide bonds. The number of hydrogen-bond acceptors (Lipinski definition) is 9. The van der Waals surface area contributed by atoms with Gasteiger partial charge in [0.05, 0.1) is 22.8 Å². The van der Waals surface area contributed by atoms with Crippen LogP contribution in [0, 0.1) is 6.92 Å². The number of pyridine rings is 1. The predicted octanol–water partition coefficient (Wildman–Crippen LogP) is 3.53. The van der Waals surface area contributed by atoms with E-state index in [9.17, 15) is 0 Å². The fourth-order valence-electron chi connectivity index (χ4n) is 3.28. The van der Waals surface area contributed by atoms with Crippen molar-refractivity contribution in [2.45, 2.75) is 6.92 Å². The number of aromatic nitrogens is 4. The smallest absolute Gasteiger partial charge is 0.233 e. The third kappa shape index (κ3) is 5.74. The highest BCUT2D eigenvalue weighted by Crippen LogP contribution is 2.29. The van der Waals surface area contributed by atoms with Gasteiger partial charge in [0.1, 0.15) is 23.1 Å². The molecule has 0 radical (unpaired) electrons. The highest BCUT2D eigenvalue weighted by Gasteiger charge is 2.19. The molecule has 0 unspecified atom stereocenters. The lowest BCUT2D eigenvalue weighted by Crippen LogP contribution is -2.47. The summed E-state index contributed by atoms with van der Waals surface area (Å²) in [4.78, 5) is 22.1. The van der Waals surface area contributed by atoms with Gasteiger partial charge in [0.2, 0.25) is 11.9 Å². The summed E-state index contributed by atoms with van der Waals surface area (Å²) in [6.45, 7) is 5.99. The van der Waals surface area contributed by atoms with E-state index in [1.165, 1.54) is 0 Å². The van der Waals surface area contributed by atoms with Crippen molar-refractivity contribution in [3.05, 3.63) is 52.4 Å². The van der Waals surface area contributed by atoms with Crippen LogP contribution < -0.4 is 15.0 Å². The van der Waals surface area contributed by atoms with Gasteiger partial charge in [0.25, 0.3) is 0 Å². The van der Waals surface area contributed by atoms with Crippen LogP contribution in [0.1, 0.15) is 5.82 Å². The number of aryl methyl sites for hydroxylation is 1. The Morgan fingerprint density at radius 1 is 1.00 bits per heavy atom. The molecule has 1 fully saturated rings. The Labute approximate surface area is 196 Å². The van der Waals surface area contributed by atoms with Gasteiger partial charge in [-0.05, 0) is 31.2 Å². The van der Waals surface area contributed by atoms with Crippen LogP contribution in [0.15, 0.2) is 36.5 Å². The second-order valence-corrected chi connectivity index (χ2v) is 8.06. The van der Waals surface area contributed by atoms with Crippen molar-refractivity contribution in [1.82, 2.24) is 24.8 Å². The number of benzene rings is 1. The molecule has 0 aliphatic carbocycles. The van der Waals surface area contributed by atoms with E-state index < -0.39 is 0 Å². The van der Waals surface area contributed by atoms with Crippen molar-refractivity contribution < 1.29 is 9.84 Å². The minimum atomic E-state index is 0.170. The van der Waals surface area contributed by atoms with E-state index in [1.54, 1.807) is 36.5 Å². The first kappa shape index (κ1) is 22.5. The molecule has 11 heteroatoms. The first-order valence-corrected chi connectivity index (χ1v) is 10.9. The number of hydrogen-bond donors (Lipinski definition) is 2. The van der Waals surface area contributed by atoms with Gasteiger partial charge in [-0.25, -0.2) is 4.98 Å². The van der Waals surface area contributed by atoms with Gasteiger partial charge in [-0.2, -0.15) is 15.0 Å². The number of aliphatic hydroxyl groups excluding tert-OH is 1. The van der Waals surface area contributed by atoms with E-state index in [2.05, 4.69) is 35.1 Å². The summed E-state index contributed by atoms with van der Waals surface area (Å²) >= 11 is 12.0. The summed E-state index contributed by atoms with van der Waals surface area (Å²) in [5, 5.41) is 13.1. The normalized spacial score (nSPS) is 14.4. The second-order valence-electron chi connectivity index (χ2n) is 7.24. The summed E-state index contributed by atoms with van der Waals surface area (Å²) in [6.07, 6.45) is 1.60. The number of β-amino-alcohol motifs (C(OH)–C–C–N with tert-alkyl or cyclic N) is 1. The Balaban J connectivity index is 1.41. The summed E-state index contributed by atoms with van der Waals surface area (Å²) < 4.78 is 5.76. The average Bonchev–Trinajstić information content (AvgIpc) is 2.78. The monoisotopic (exact) mass is 475 g/mol.